The maximum Gasteiger partial charge on any atom is 0.338 e. The van der Waals surface area contributed by atoms with Crippen molar-refractivity contribution in [2.75, 3.05) is 12.4 Å². The molecule has 0 unspecified atom stereocenters. The van der Waals surface area contributed by atoms with Crippen LogP contribution in [0, 0.1) is 0 Å². The molecule has 3 rings (SSSR count). The van der Waals surface area contributed by atoms with Crippen LogP contribution in [0.25, 0.3) is 11.1 Å². The molecule has 0 saturated heterocycles. The van der Waals surface area contributed by atoms with E-state index >= 15 is 0 Å². The first-order valence-corrected chi connectivity index (χ1v) is 9.36. The number of carbonyl (C=O) groups is 2. The zero-order valence-electron chi connectivity index (χ0n) is 16.0. The first-order chi connectivity index (χ1) is 14.0. The number of halogens is 1. The molecule has 0 spiro atoms. The number of nitrogens with one attached hydrogen (secondary N) is 1. The van der Waals surface area contributed by atoms with E-state index in [9.17, 15) is 9.59 Å². The van der Waals surface area contributed by atoms with E-state index in [1.807, 2.05) is 42.5 Å². The molecule has 1 N–H and O–H groups in total. The molecule has 3 aromatic rings. The fraction of sp³-hybridized carbons (Fsp3) is 0.130. The van der Waals surface area contributed by atoms with E-state index in [-0.39, 0.29) is 0 Å². The predicted octanol–water partition coefficient (Wildman–Crippen LogP) is 5.20. The van der Waals surface area contributed by atoms with Crippen molar-refractivity contribution >= 4 is 29.2 Å². The molecule has 0 aliphatic rings. The quantitative estimate of drug-likeness (QED) is 0.568. The Labute approximate surface area is 174 Å². The van der Waals surface area contributed by atoms with Crippen molar-refractivity contribution in [2.45, 2.75) is 13.0 Å². The van der Waals surface area contributed by atoms with Gasteiger partial charge in [-0.1, -0.05) is 54.1 Å². The van der Waals surface area contributed by atoms with E-state index in [0.29, 0.717) is 22.0 Å². The SMILES string of the molecule is COc1ccc(NC(=O)[C@H](C)OC(=O)c2ccc(-c3ccccc3)cc2)cc1Cl. The highest BCUT2D eigenvalue weighted by molar-refractivity contribution is 6.32. The Bertz CT molecular complexity index is 1000. The second kappa shape index (κ2) is 9.26. The van der Waals surface area contributed by atoms with E-state index in [1.54, 1.807) is 30.3 Å². The predicted molar refractivity (Wildman–Crippen MR) is 113 cm³/mol. The molecule has 0 aliphatic carbocycles. The summed E-state index contributed by atoms with van der Waals surface area (Å²) < 4.78 is 10.4. The third-order valence-corrected chi connectivity index (χ3v) is 4.60. The number of esters is 1. The minimum Gasteiger partial charge on any atom is -0.495 e. The van der Waals surface area contributed by atoms with E-state index < -0.39 is 18.0 Å². The van der Waals surface area contributed by atoms with Gasteiger partial charge in [0.2, 0.25) is 0 Å². The number of hydrogen-bond donors (Lipinski definition) is 1. The van der Waals surface area contributed by atoms with Gasteiger partial charge in [-0.15, -0.1) is 0 Å². The third-order valence-electron chi connectivity index (χ3n) is 4.30. The van der Waals surface area contributed by atoms with Crippen LogP contribution in [0.15, 0.2) is 72.8 Å². The molecule has 0 heterocycles. The van der Waals surface area contributed by atoms with E-state index in [2.05, 4.69) is 5.32 Å². The summed E-state index contributed by atoms with van der Waals surface area (Å²) in [4.78, 5) is 24.7. The first kappa shape index (κ1) is 20.4. The van der Waals surface area contributed by atoms with Gasteiger partial charge in [0.05, 0.1) is 17.7 Å². The van der Waals surface area contributed by atoms with Crippen molar-refractivity contribution < 1.29 is 19.1 Å². The Balaban J connectivity index is 1.61. The Morgan fingerprint density at radius 3 is 2.21 bits per heavy atom. The average molecular weight is 410 g/mol. The maximum absolute atomic E-state index is 12.4. The fourth-order valence-corrected chi connectivity index (χ4v) is 2.96. The monoisotopic (exact) mass is 409 g/mol. The lowest BCUT2D eigenvalue weighted by Crippen LogP contribution is -2.30. The Hall–Kier alpha value is -3.31. The van der Waals surface area contributed by atoms with Gasteiger partial charge in [0.15, 0.2) is 6.10 Å². The lowest BCUT2D eigenvalue weighted by Gasteiger charge is -2.14. The minimum absolute atomic E-state index is 0.369. The standard InChI is InChI=1S/C23H20ClNO4/c1-15(22(26)25-19-12-13-21(28-2)20(24)14-19)29-23(27)18-10-8-17(9-11-18)16-6-4-3-5-7-16/h3-15H,1-2H3,(H,25,26)/t15-/m0/s1. The van der Waals surface area contributed by atoms with E-state index in [1.165, 1.54) is 14.0 Å². The van der Waals surface area contributed by atoms with Crippen LogP contribution in [0.5, 0.6) is 5.75 Å². The van der Waals surface area contributed by atoms with Crippen molar-refractivity contribution in [3.8, 4) is 16.9 Å². The molecule has 0 radical (unpaired) electrons. The van der Waals surface area contributed by atoms with Crippen molar-refractivity contribution in [1.82, 2.24) is 0 Å². The summed E-state index contributed by atoms with van der Waals surface area (Å²) >= 11 is 6.05. The molecule has 6 heteroatoms. The van der Waals surface area contributed by atoms with Crippen molar-refractivity contribution in [2.24, 2.45) is 0 Å². The Kier molecular flexibility index (Phi) is 6.52. The molecule has 29 heavy (non-hydrogen) atoms. The molecule has 3 aromatic carbocycles. The van der Waals surface area contributed by atoms with Crippen LogP contribution in [0.2, 0.25) is 5.02 Å². The summed E-state index contributed by atoms with van der Waals surface area (Å²) in [7, 11) is 1.51. The first-order valence-electron chi connectivity index (χ1n) is 8.99. The molecule has 0 saturated carbocycles. The molecule has 0 aromatic heterocycles. The summed E-state index contributed by atoms with van der Waals surface area (Å²) in [6, 6.07) is 21.7. The smallest absolute Gasteiger partial charge is 0.338 e. The molecule has 1 atom stereocenters. The zero-order valence-corrected chi connectivity index (χ0v) is 16.8. The Morgan fingerprint density at radius 1 is 0.931 bits per heavy atom. The highest BCUT2D eigenvalue weighted by Gasteiger charge is 2.19. The van der Waals surface area contributed by atoms with Gasteiger partial charge < -0.3 is 14.8 Å². The number of methoxy groups -OCH3 is 1. The van der Waals surface area contributed by atoms with Crippen molar-refractivity contribution in [3.63, 3.8) is 0 Å². The normalized spacial score (nSPS) is 11.4. The average Bonchev–Trinajstić information content (AvgIpc) is 2.74. The second-order valence-electron chi connectivity index (χ2n) is 6.33. The number of rotatable bonds is 6. The van der Waals surface area contributed by atoms with Crippen LogP contribution in [-0.2, 0) is 9.53 Å². The molecule has 0 bridgehead atoms. The third kappa shape index (κ3) is 5.15. The molecule has 0 fully saturated rings. The summed E-state index contributed by atoms with van der Waals surface area (Å²) in [5.74, 6) is -0.524. The Morgan fingerprint density at radius 2 is 1.59 bits per heavy atom. The van der Waals surface area contributed by atoms with Crippen LogP contribution in [-0.4, -0.2) is 25.1 Å². The number of carbonyl (C=O) groups excluding carboxylic acids is 2. The van der Waals surface area contributed by atoms with Crippen LogP contribution < -0.4 is 10.1 Å². The molecular weight excluding hydrogens is 390 g/mol. The molecule has 1 amide bonds. The van der Waals surface area contributed by atoms with Gasteiger partial charge in [0.25, 0.3) is 5.91 Å². The van der Waals surface area contributed by atoms with Gasteiger partial charge in [0.1, 0.15) is 5.75 Å². The van der Waals surface area contributed by atoms with Crippen LogP contribution in [0.1, 0.15) is 17.3 Å². The molecule has 148 valence electrons. The number of ether oxygens (including phenoxy) is 2. The largest absolute Gasteiger partial charge is 0.495 e. The topological polar surface area (TPSA) is 64.6 Å². The lowest BCUT2D eigenvalue weighted by molar-refractivity contribution is -0.123. The number of amides is 1. The molecular formula is C23H20ClNO4. The fourth-order valence-electron chi connectivity index (χ4n) is 2.70. The van der Waals surface area contributed by atoms with Gasteiger partial charge in [0, 0.05) is 5.69 Å². The van der Waals surface area contributed by atoms with Gasteiger partial charge in [-0.25, -0.2) is 4.79 Å². The summed E-state index contributed by atoms with van der Waals surface area (Å²) in [6.07, 6.45) is -0.975. The van der Waals surface area contributed by atoms with Gasteiger partial charge in [-0.2, -0.15) is 0 Å². The van der Waals surface area contributed by atoms with Crippen molar-refractivity contribution in [3.05, 3.63) is 83.4 Å². The summed E-state index contributed by atoms with van der Waals surface area (Å²) in [5, 5.41) is 3.03. The second-order valence-corrected chi connectivity index (χ2v) is 6.74. The van der Waals surface area contributed by atoms with Gasteiger partial charge in [-0.3, -0.25) is 4.79 Å². The number of benzene rings is 3. The van der Waals surface area contributed by atoms with E-state index in [4.69, 9.17) is 21.1 Å². The maximum atomic E-state index is 12.4. The molecule has 5 nitrogen and oxygen atoms in total. The highest BCUT2D eigenvalue weighted by Crippen LogP contribution is 2.27. The summed E-state index contributed by atoms with van der Waals surface area (Å²) in [6.45, 7) is 1.51. The molecule has 0 aliphatic heterocycles. The minimum atomic E-state index is -0.975. The van der Waals surface area contributed by atoms with Gasteiger partial charge in [-0.05, 0) is 48.4 Å². The zero-order chi connectivity index (χ0) is 20.8. The van der Waals surface area contributed by atoms with E-state index in [0.717, 1.165) is 11.1 Å². The number of anilines is 1. The highest BCUT2D eigenvalue weighted by atomic mass is 35.5. The van der Waals surface area contributed by atoms with Crippen LogP contribution >= 0.6 is 11.6 Å². The van der Waals surface area contributed by atoms with Crippen molar-refractivity contribution in [1.29, 1.82) is 0 Å². The van der Waals surface area contributed by atoms with Crippen LogP contribution in [0.3, 0.4) is 0 Å². The van der Waals surface area contributed by atoms with Gasteiger partial charge >= 0.3 is 5.97 Å². The summed E-state index contributed by atoms with van der Waals surface area (Å²) in [5.41, 5.74) is 2.90. The van der Waals surface area contributed by atoms with Crippen LogP contribution in [0.4, 0.5) is 5.69 Å². The lowest BCUT2D eigenvalue weighted by atomic mass is 10.0. The number of hydrogen-bond acceptors (Lipinski definition) is 4.